The molecule has 1 N–H and O–H groups in total. The summed E-state index contributed by atoms with van der Waals surface area (Å²) in [5, 5.41) is 8.43. The Labute approximate surface area is 99.4 Å². The lowest BCUT2D eigenvalue weighted by Crippen LogP contribution is -1.93. The van der Waals surface area contributed by atoms with E-state index in [-0.39, 0.29) is 0 Å². The lowest BCUT2D eigenvalue weighted by Gasteiger charge is -1.95. The molecule has 0 rings (SSSR count). The van der Waals surface area contributed by atoms with Crippen LogP contribution in [-0.4, -0.2) is 11.1 Å². The fourth-order valence-corrected chi connectivity index (χ4v) is 1.48. The van der Waals surface area contributed by atoms with E-state index >= 15 is 0 Å². The van der Waals surface area contributed by atoms with Crippen molar-refractivity contribution in [1.82, 2.24) is 0 Å². The zero-order valence-corrected chi connectivity index (χ0v) is 10.4. The molecule has 16 heavy (non-hydrogen) atoms. The van der Waals surface area contributed by atoms with Crippen LogP contribution in [0, 0.1) is 11.8 Å². The van der Waals surface area contributed by atoms with Crippen molar-refractivity contribution in [2.75, 3.05) is 0 Å². The lowest BCUT2D eigenvalue weighted by molar-refractivity contribution is -0.137. The highest BCUT2D eigenvalue weighted by Gasteiger charge is 1.95. The molecule has 0 aromatic heterocycles. The maximum atomic E-state index is 10.2. The van der Waals surface area contributed by atoms with Crippen molar-refractivity contribution in [2.45, 2.75) is 71.1 Å². The molecule has 0 fully saturated rings. The Hall–Kier alpha value is -0.970. The van der Waals surface area contributed by atoms with E-state index in [1.807, 2.05) is 0 Å². The van der Waals surface area contributed by atoms with Crippen molar-refractivity contribution < 1.29 is 9.90 Å². The van der Waals surface area contributed by atoms with E-state index < -0.39 is 5.97 Å². The molecule has 0 radical (unpaired) electrons. The molecule has 0 aliphatic rings. The van der Waals surface area contributed by atoms with Crippen LogP contribution in [0.5, 0.6) is 0 Å². The first-order valence-corrected chi connectivity index (χ1v) is 6.45. The quantitative estimate of drug-likeness (QED) is 0.475. The Balaban J connectivity index is 3.10. The van der Waals surface area contributed by atoms with Crippen molar-refractivity contribution in [2.24, 2.45) is 0 Å². The molecule has 0 aromatic carbocycles. The van der Waals surface area contributed by atoms with Crippen molar-refractivity contribution in [3.05, 3.63) is 0 Å². The molecule has 0 aliphatic carbocycles. The zero-order valence-electron chi connectivity index (χ0n) is 10.4. The van der Waals surface area contributed by atoms with E-state index in [2.05, 4.69) is 18.8 Å². The van der Waals surface area contributed by atoms with Crippen molar-refractivity contribution in [1.29, 1.82) is 0 Å². The van der Waals surface area contributed by atoms with Crippen molar-refractivity contribution >= 4 is 5.97 Å². The van der Waals surface area contributed by atoms with Gasteiger partial charge in [-0.3, -0.25) is 4.79 Å². The summed E-state index contributed by atoms with van der Waals surface area (Å²) in [7, 11) is 0. The first kappa shape index (κ1) is 15.0. The van der Waals surface area contributed by atoms with Crippen LogP contribution in [0.25, 0.3) is 0 Å². The number of unbranched alkanes of at least 4 members (excludes halogenated alkanes) is 7. The normalized spacial score (nSPS) is 9.56. The predicted molar refractivity (Wildman–Crippen MR) is 67.3 cm³/mol. The van der Waals surface area contributed by atoms with Gasteiger partial charge in [0.05, 0.1) is 0 Å². The van der Waals surface area contributed by atoms with E-state index in [0.29, 0.717) is 6.42 Å². The van der Waals surface area contributed by atoms with Gasteiger partial charge in [-0.15, -0.1) is 11.8 Å². The summed E-state index contributed by atoms with van der Waals surface area (Å²) in [5.41, 5.74) is 0. The van der Waals surface area contributed by atoms with Gasteiger partial charge >= 0.3 is 5.97 Å². The van der Waals surface area contributed by atoms with Gasteiger partial charge in [0, 0.05) is 19.3 Å². The summed E-state index contributed by atoms with van der Waals surface area (Å²) in [4.78, 5) is 10.2. The number of aliphatic carboxylic acids is 1. The van der Waals surface area contributed by atoms with Gasteiger partial charge in [0.2, 0.25) is 0 Å². The summed E-state index contributed by atoms with van der Waals surface area (Å²) in [5.74, 6) is 5.68. The number of carbonyl (C=O) groups is 1. The molecule has 0 unspecified atom stereocenters. The van der Waals surface area contributed by atoms with Gasteiger partial charge in [0.15, 0.2) is 0 Å². The van der Waals surface area contributed by atoms with Crippen LogP contribution in [0.1, 0.15) is 71.1 Å². The summed E-state index contributed by atoms with van der Waals surface area (Å²) >= 11 is 0. The average Bonchev–Trinajstić information content (AvgIpc) is 2.25. The third-order valence-electron chi connectivity index (χ3n) is 2.47. The van der Waals surface area contributed by atoms with Crippen LogP contribution < -0.4 is 0 Å². The van der Waals surface area contributed by atoms with E-state index in [1.54, 1.807) is 0 Å². The molecule has 92 valence electrons. The number of hydrogen-bond donors (Lipinski definition) is 1. The fourth-order valence-electron chi connectivity index (χ4n) is 1.48. The molecular formula is C14H24O2. The fraction of sp³-hybridized carbons (Fsp3) is 0.786. The summed E-state index contributed by atoms with van der Waals surface area (Å²) < 4.78 is 0. The first-order chi connectivity index (χ1) is 7.77. The molecule has 0 amide bonds. The van der Waals surface area contributed by atoms with Crippen molar-refractivity contribution in [3.8, 4) is 11.8 Å². The van der Waals surface area contributed by atoms with E-state index in [1.165, 1.54) is 19.3 Å². The number of hydrogen-bond acceptors (Lipinski definition) is 1. The number of rotatable bonds is 9. The molecule has 0 saturated carbocycles. The minimum atomic E-state index is -0.685. The summed E-state index contributed by atoms with van der Waals surface area (Å²) in [6.07, 6.45) is 10.1. The van der Waals surface area contributed by atoms with Gasteiger partial charge in [-0.1, -0.05) is 32.6 Å². The van der Waals surface area contributed by atoms with Gasteiger partial charge in [-0.2, -0.15) is 0 Å². The minimum absolute atomic E-state index is 0.308. The Morgan fingerprint density at radius 1 is 0.938 bits per heavy atom. The minimum Gasteiger partial charge on any atom is -0.481 e. The maximum absolute atomic E-state index is 10.2. The van der Waals surface area contributed by atoms with Crippen LogP contribution in [0.4, 0.5) is 0 Å². The standard InChI is InChI=1S/C14H24O2/c1-2-3-4-5-6-7-8-9-10-11-12-13-14(15)16/h2-5,8-13H2,1H3,(H,15,16). The SMILES string of the molecule is CCCCCC#CCCCCCCC(=O)O. The molecule has 0 saturated heterocycles. The van der Waals surface area contributed by atoms with Gasteiger partial charge in [0.1, 0.15) is 0 Å². The third-order valence-corrected chi connectivity index (χ3v) is 2.47. The maximum Gasteiger partial charge on any atom is 0.303 e. The molecule has 0 atom stereocenters. The van der Waals surface area contributed by atoms with Crippen LogP contribution in [0.15, 0.2) is 0 Å². The summed E-state index contributed by atoms with van der Waals surface area (Å²) in [6.45, 7) is 2.20. The largest absolute Gasteiger partial charge is 0.481 e. The molecule has 0 aromatic rings. The third kappa shape index (κ3) is 13.0. The second-order valence-corrected chi connectivity index (χ2v) is 4.12. The Kier molecular flexibility index (Phi) is 11.4. The molecule has 0 aliphatic heterocycles. The van der Waals surface area contributed by atoms with Crippen LogP contribution in [0.2, 0.25) is 0 Å². The Morgan fingerprint density at radius 2 is 1.50 bits per heavy atom. The molecule has 0 bridgehead atoms. The molecule has 2 nitrogen and oxygen atoms in total. The Morgan fingerprint density at radius 3 is 2.06 bits per heavy atom. The average molecular weight is 224 g/mol. The highest BCUT2D eigenvalue weighted by Crippen LogP contribution is 2.05. The van der Waals surface area contributed by atoms with Gasteiger partial charge in [-0.25, -0.2) is 0 Å². The van der Waals surface area contributed by atoms with E-state index in [4.69, 9.17) is 5.11 Å². The van der Waals surface area contributed by atoms with Crippen LogP contribution >= 0.6 is 0 Å². The van der Waals surface area contributed by atoms with Crippen LogP contribution in [-0.2, 0) is 4.79 Å². The molecule has 0 heterocycles. The second-order valence-electron chi connectivity index (χ2n) is 4.12. The van der Waals surface area contributed by atoms with Gasteiger partial charge in [0.25, 0.3) is 0 Å². The van der Waals surface area contributed by atoms with E-state index in [9.17, 15) is 4.79 Å². The number of carboxylic acid groups (broad SMARTS) is 1. The second kappa shape index (κ2) is 12.1. The monoisotopic (exact) mass is 224 g/mol. The zero-order chi connectivity index (χ0) is 12.1. The molecule has 0 spiro atoms. The van der Waals surface area contributed by atoms with Gasteiger partial charge in [-0.05, 0) is 19.3 Å². The molecular weight excluding hydrogens is 200 g/mol. The lowest BCUT2D eigenvalue weighted by atomic mass is 10.1. The number of carboxylic acids is 1. The van der Waals surface area contributed by atoms with Crippen LogP contribution in [0.3, 0.4) is 0 Å². The Bertz CT molecular complexity index is 223. The summed E-state index contributed by atoms with van der Waals surface area (Å²) in [6, 6.07) is 0. The van der Waals surface area contributed by atoms with Crippen molar-refractivity contribution in [3.63, 3.8) is 0 Å². The molecule has 2 heteroatoms. The smallest absolute Gasteiger partial charge is 0.303 e. The predicted octanol–water partition coefficient (Wildman–Crippen LogP) is 4.00. The van der Waals surface area contributed by atoms with Gasteiger partial charge < -0.3 is 5.11 Å². The highest BCUT2D eigenvalue weighted by molar-refractivity contribution is 5.66. The van der Waals surface area contributed by atoms with E-state index in [0.717, 1.165) is 38.5 Å². The highest BCUT2D eigenvalue weighted by atomic mass is 16.4. The topological polar surface area (TPSA) is 37.3 Å². The first-order valence-electron chi connectivity index (χ1n) is 6.45.